The first-order chi connectivity index (χ1) is 11.5. The van der Waals surface area contributed by atoms with E-state index in [9.17, 15) is 4.79 Å². The van der Waals surface area contributed by atoms with E-state index in [2.05, 4.69) is 32.8 Å². The van der Waals surface area contributed by atoms with Crippen LogP contribution in [-0.2, 0) is 11.3 Å². The van der Waals surface area contributed by atoms with Crippen LogP contribution in [0.4, 0.5) is 5.69 Å². The summed E-state index contributed by atoms with van der Waals surface area (Å²) in [6, 6.07) is 3.53. The number of esters is 1. The molecule has 0 aromatic heterocycles. The van der Waals surface area contributed by atoms with Crippen molar-refractivity contribution >= 4 is 27.6 Å². The summed E-state index contributed by atoms with van der Waals surface area (Å²) < 4.78 is 5.97. The van der Waals surface area contributed by atoms with Gasteiger partial charge in [0.25, 0.3) is 0 Å². The number of unbranched alkanes of at least 4 members (excludes halogenated alkanes) is 1. The summed E-state index contributed by atoms with van der Waals surface area (Å²) in [7, 11) is 2.12. The van der Waals surface area contributed by atoms with E-state index >= 15 is 0 Å². The zero-order valence-corrected chi connectivity index (χ0v) is 15.7. The van der Waals surface area contributed by atoms with Gasteiger partial charge >= 0.3 is 5.97 Å². The van der Waals surface area contributed by atoms with Crippen LogP contribution in [0.3, 0.4) is 0 Å². The highest BCUT2D eigenvalue weighted by Gasteiger charge is 2.18. The molecule has 1 aliphatic heterocycles. The van der Waals surface area contributed by atoms with Gasteiger partial charge in [-0.1, -0.05) is 0 Å². The largest absolute Gasteiger partial charge is 0.462 e. The number of likely N-dealkylation sites (N-methyl/N-ethyl adjacent to an activating group) is 1. The van der Waals surface area contributed by atoms with Gasteiger partial charge in [0, 0.05) is 43.8 Å². The number of nitrogens with zero attached hydrogens (tertiary/aromatic N) is 2. The fourth-order valence-corrected chi connectivity index (χ4v) is 3.13. The number of nitrogen functional groups attached to an aromatic ring is 1. The summed E-state index contributed by atoms with van der Waals surface area (Å²) in [6.07, 6.45) is 1.29. The Morgan fingerprint density at radius 2 is 2.00 bits per heavy atom. The molecular formula is C17H26BrN3O3. The quantitative estimate of drug-likeness (QED) is 0.412. The number of rotatable bonds is 7. The molecule has 0 aliphatic carbocycles. The molecule has 7 heteroatoms. The highest BCUT2D eigenvalue weighted by Crippen LogP contribution is 2.27. The minimum atomic E-state index is -0.353. The number of aliphatic hydroxyl groups excluding tert-OH is 1. The fourth-order valence-electron chi connectivity index (χ4n) is 2.63. The maximum Gasteiger partial charge on any atom is 0.338 e. The molecule has 1 heterocycles. The molecule has 1 fully saturated rings. The number of ether oxygens (including phenoxy) is 1. The van der Waals surface area contributed by atoms with E-state index in [4.69, 9.17) is 15.6 Å². The Balaban J connectivity index is 2.03. The van der Waals surface area contributed by atoms with Gasteiger partial charge in [-0.3, -0.25) is 4.90 Å². The second kappa shape index (κ2) is 9.36. The number of benzene rings is 1. The van der Waals surface area contributed by atoms with E-state index < -0.39 is 0 Å². The first kappa shape index (κ1) is 19.2. The van der Waals surface area contributed by atoms with Crippen molar-refractivity contribution in [1.29, 1.82) is 0 Å². The zero-order chi connectivity index (χ0) is 17.5. The van der Waals surface area contributed by atoms with Crippen molar-refractivity contribution in [2.24, 2.45) is 0 Å². The smallest absolute Gasteiger partial charge is 0.338 e. The number of carbonyl (C=O) groups excluding carboxylic acids is 1. The molecule has 1 aromatic carbocycles. The minimum absolute atomic E-state index is 0.111. The molecular weight excluding hydrogens is 374 g/mol. The van der Waals surface area contributed by atoms with Crippen LogP contribution in [0.15, 0.2) is 16.6 Å². The van der Waals surface area contributed by atoms with Gasteiger partial charge in [0.15, 0.2) is 0 Å². The average molecular weight is 400 g/mol. The molecule has 1 aliphatic rings. The maximum atomic E-state index is 12.2. The third kappa shape index (κ3) is 5.44. The van der Waals surface area contributed by atoms with Gasteiger partial charge < -0.3 is 20.5 Å². The van der Waals surface area contributed by atoms with Crippen LogP contribution < -0.4 is 5.73 Å². The van der Waals surface area contributed by atoms with Crippen LogP contribution in [-0.4, -0.2) is 67.3 Å². The summed E-state index contributed by atoms with van der Waals surface area (Å²) in [6.45, 7) is 5.20. The topological polar surface area (TPSA) is 79.0 Å². The molecule has 134 valence electrons. The van der Waals surface area contributed by atoms with Crippen molar-refractivity contribution in [3.63, 3.8) is 0 Å². The van der Waals surface area contributed by atoms with Crippen LogP contribution in [0.25, 0.3) is 0 Å². The molecule has 24 heavy (non-hydrogen) atoms. The van der Waals surface area contributed by atoms with Crippen molar-refractivity contribution in [3.8, 4) is 0 Å². The molecule has 0 saturated carbocycles. The molecule has 0 unspecified atom stereocenters. The Hall–Kier alpha value is -1.15. The Morgan fingerprint density at radius 1 is 1.29 bits per heavy atom. The second-order valence-corrected chi connectivity index (χ2v) is 7.03. The molecule has 1 aromatic rings. The standard InChI is InChI=1S/C17H26BrN3O3/c1-20-4-6-21(7-5-20)12-14-10-13(11-15(18)16(14)19)17(23)24-9-3-2-8-22/h10-11,22H,2-9,12,19H2,1H3. The normalized spacial score (nSPS) is 16.3. The van der Waals surface area contributed by atoms with Gasteiger partial charge in [-0.2, -0.15) is 0 Å². The number of aliphatic hydroxyl groups is 1. The second-order valence-electron chi connectivity index (χ2n) is 6.18. The Kier molecular flexibility index (Phi) is 7.48. The van der Waals surface area contributed by atoms with Gasteiger partial charge in [-0.05, 0) is 53.5 Å². The summed E-state index contributed by atoms with van der Waals surface area (Å²) in [5.74, 6) is -0.353. The predicted molar refractivity (Wildman–Crippen MR) is 97.9 cm³/mol. The van der Waals surface area contributed by atoms with Crippen LogP contribution in [0, 0.1) is 0 Å². The van der Waals surface area contributed by atoms with Crippen molar-refractivity contribution < 1.29 is 14.6 Å². The van der Waals surface area contributed by atoms with Gasteiger partial charge in [0.1, 0.15) is 0 Å². The molecule has 0 radical (unpaired) electrons. The zero-order valence-electron chi connectivity index (χ0n) is 14.1. The van der Waals surface area contributed by atoms with E-state index in [1.54, 1.807) is 6.07 Å². The third-order valence-corrected chi connectivity index (χ3v) is 4.88. The Bertz CT molecular complexity index is 560. The summed E-state index contributed by atoms with van der Waals surface area (Å²) >= 11 is 3.44. The van der Waals surface area contributed by atoms with Gasteiger partial charge in [-0.25, -0.2) is 4.79 Å². The lowest BCUT2D eigenvalue weighted by atomic mass is 10.1. The van der Waals surface area contributed by atoms with Gasteiger partial charge in [0.2, 0.25) is 0 Å². The van der Waals surface area contributed by atoms with Gasteiger partial charge in [0.05, 0.1) is 17.9 Å². The predicted octanol–water partition coefficient (Wildman–Crippen LogP) is 1.71. The number of hydrogen-bond acceptors (Lipinski definition) is 6. The Labute approximate surface area is 151 Å². The summed E-state index contributed by atoms with van der Waals surface area (Å²) in [5, 5.41) is 8.76. The van der Waals surface area contributed by atoms with Crippen LogP contribution in [0.2, 0.25) is 0 Å². The molecule has 0 spiro atoms. The van der Waals surface area contributed by atoms with Crippen LogP contribution >= 0.6 is 15.9 Å². The molecule has 3 N–H and O–H groups in total. The van der Waals surface area contributed by atoms with Crippen LogP contribution in [0.5, 0.6) is 0 Å². The lowest BCUT2D eigenvalue weighted by molar-refractivity contribution is 0.0492. The number of halogens is 1. The monoisotopic (exact) mass is 399 g/mol. The van der Waals surface area contributed by atoms with Crippen molar-refractivity contribution in [2.45, 2.75) is 19.4 Å². The molecule has 0 atom stereocenters. The maximum absolute atomic E-state index is 12.2. The molecule has 0 bridgehead atoms. The summed E-state index contributed by atoms with van der Waals surface area (Å²) in [5.41, 5.74) is 8.29. The van der Waals surface area contributed by atoms with Crippen molar-refractivity contribution in [2.75, 3.05) is 52.2 Å². The lowest BCUT2D eigenvalue weighted by Gasteiger charge is -2.32. The first-order valence-corrected chi connectivity index (χ1v) is 9.07. The van der Waals surface area contributed by atoms with E-state index in [0.717, 1.165) is 42.8 Å². The van der Waals surface area contributed by atoms with E-state index in [1.807, 2.05) is 6.07 Å². The number of piperazine rings is 1. The highest BCUT2D eigenvalue weighted by molar-refractivity contribution is 9.10. The molecule has 2 rings (SSSR count). The van der Waals surface area contributed by atoms with E-state index in [0.29, 0.717) is 30.7 Å². The fraction of sp³-hybridized carbons (Fsp3) is 0.588. The molecule has 0 amide bonds. The molecule has 1 saturated heterocycles. The van der Waals surface area contributed by atoms with E-state index in [1.165, 1.54) is 0 Å². The number of carbonyl (C=O) groups is 1. The van der Waals surface area contributed by atoms with Gasteiger partial charge in [-0.15, -0.1) is 0 Å². The van der Waals surface area contributed by atoms with Crippen molar-refractivity contribution in [1.82, 2.24) is 9.80 Å². The first-order valence-electron chi connectivity index (χ1n) is 8.28. The SMILES string of the molecule is CN1CCN(Cc2cc(C(=O)OCCCCO)cc(Br)c2N)CC1. The lowest BCUT2D eigenvalue weighted by Crippen LogP contribution is -2.44. The molecule has 6 nitrogen and oxygen atoms in total. The third-order valence-electron chi connectivity index (χ3n) is 4.23. The Morgan fingerprint density at radius 3 is 2.67 bits per heavy atom. The number of anilines is 1. The van der Waals surface area contributed by atoms with Crippen LogP contribution in [0.1, 0.15) is 28.8 Å². The van der Waals surface area contributed by atoms with Crippen molar-refractivity contribution in [3.05, 3.63) is 27.7 Å². The number of nitrogens with two attached hydrogens (primary N) is 1. The summed E-state index contributed by atoms with van der Waals surface area (Å²) in [4.78, 5) is 16.8. The average Bonchev–Trinajstić information content (AvgIpc) is 2.57. The number of hydrogen-bond donors (Lipinski definition) is 2. The van der Waals surface area contributed by atoms with E-state index in [-0.39, 0.29) is 12.6 Å². The highest BCUT2D eigenvalue weighted by atomic mass is 79.9. The minimum Gasteiger partial charge on any atom is -0.462 e.